The zero-order chi connectivity index (χ0) is 13.4. The molecule has 2 N–H and O–H groups in total. The number of ether oxygens (including phenoxy) is 1. The monoisotopic (exact) mass is 264 g/mol. The molecule has 2 aliphatic rings. The summed E-state index contributed by atoms with van der Waals surface area (Å²) in [4.78, 5) is 2.19. The molecular formula is C15H21FN2O. The average molecular weight is 264 g/mol. The summed E-state index contributed by atoms with van der Waals surface area (Å²) in [6.07, 6.45) is 5.09. The van der Waals surface area contributed by atoms with Crippen molar-refractivity contribution in [1.29, 1.82) is 0 Å². The first-order valence-electron chi connectivity index (χ1n) is 7.05. The normalized spacial score (nSPS) is 18.4. The molecule has 0 heterocycles. The molecule has 4 heteroatoms. The van der Waals surface area contributed by atoms with E-state index in [9.17, 15) is 4.39 Å². The number of methoxy groups -OCH3 is 1. The third kappa shape index (κ3) is 2.94. The fourth-order valence-electron chi connectivity index (χ4n) is 2.47. The molecule has 19 heavy (non-hydrogen) atoms. The van der Waals surface area contributed by atoms with Crippen LogP contribution in [0.25, 0.3) is 0 Å². The Bertz CT molecular complexity index is 455. The van der Waals surface area contributed by atoms with Crippen molar-refractivity contribution in [3.8, 4) is 5.75 Å². The number of nitrogens with zero attached hydrogens (tertiary/aromatic N) is 1. The van der Waals surface area contributed by atoms with Gasteiger partial charge in [-0.2, -0.15) is 0 Å². The molecule has 0 atom stereocenters. The highest BCUT2D eigenvalue weighted by Crippen LogP contribution is 2.38. The molecule has 0 amide bonds. The third-order valence-corrected chi connectivity index (χ3v) is 3.99. The van der Waals surface area contributed by atoms with Gasteiger partial charge < -0.3 is 15.4 Å². The van der Waals surface area contributed by atoms with Crippen LogP contribution in [0.2, 0.25) is 0 Å². The van der Waals surface area contributed by atoms with Gasteiger partial charge in [-0.25, -0.2) is 4.39 Å². The lowest BCUT2D eigenvalue weighted by Gasteiger charge is -2.26. The second-order valence-corrected chi connectivity index (χ2v) is 5.84. The van der Waals surface area contributed by atoms with Gasteiger partial charge in [0.25, 0.3) is 0 Å². The molecule has 104 valence electrons. The van der Waals surface area contributed by atoms with Crippen molar-refractivity contribution in [3.05, 3.63) is 17.9 Å². The van der Waals surface area contributed by atoms with E-state index >= 15 is 0 Å². The first-order chi connectivity index (χ1) is 9.17. The molecule has 0 aromatic heterocycles. The van der Waals surface area contributed by atoms with Crippen LogP contribution in [0.5, 0.6) is 5.75 Å². The van der Waals surface area contributed by atoms with Crippen LogP contribution in [0, 0.1) is 17.7 Å². The molecular weight excluding hydrogens is 243 g/mol. The minimum Gasteiger partial charge on any atom is -0.495 e. The van der Waals surface area contributed by atoms with E-state index in [1.807, 2.05) is 0 Å². The standard InChI is InChI=1S/C15H21FN2O/c1-19-15-7-14(12(16)6-13(15)17)18(8-10-2-3-10)9-11-4-5-11/h6-7,10-11H,2-5,8-9,17H2,1H3. The molecule has 0 spiro atoms. The smallest absolute Gasteiger partial charge is 0.148 e. The number of hydrogen-bond acceptors (Lipinski definition) is 3. The van der Waals surface area contributed by atoms with Gasteiger partial charge >= 0.3 is 0 Å². The number of nitrogens with two attached hydrogens (primary N) is 1. The Morgan fingerprint density at radius 3 is 2.26 bits per heavy atom. The quantitative estimate of drug-likeness (QED) is 0.803. The largest absolute Gasteiger partial charge is 0.495 e. The van der Waals surface area contributed by atoms with Gasteiger partial charge in [-0.05, 0) is 37.5 Å². The molecule has 2 aliphatic carbocycles. The average Bonchev–Trinajstić information content (AvgIpc) is 3.24. The lowest BCUT2D eigenvalue weighted by molar-refractivity contribution is 0.416. The van der Waals surface area contributed by atoms with Gasteiger partial charge in [-0.1, -0.05) is 0 Å². The van der Waals surface area contributed by atoms with Gasteiger partial charge in [-0.15, -0.1) is 0 Å². The molecule has 0 saturated heterocycles. The van der Waals surface area contributed by atoms with Crippen molar-refractivity contribution >= 4 is 11.4 Å². The summed E-state index contributed by atoms with van der Waals surface area (Å²) < 4.78 is 19.4. The molecule has 0 unspecified atom stereocenters. The van der Waals surface area contributed by atoms with E-state index in [2.05, 4.69) is 4.90 Å². The summed E-state index contributed by atoms with van der Waals surface area (Å²) in [7, 11) is 1.57. The van der Waals surface area contributed by atoms with Gasteiger partial charge in [0.2, 0.25) is 0 Å². The first kappa shape index (κ1) is 12.6. The molecule has 3 rings (SSSR count). The Morgan fingerprint density at radius 2 is 1.79 bits per heavy atom. The van der Waals surface area contributed by atoms with Crippen LogP contribution in [0.1, 0.15) is 25.7 Å². The van der Waals surface area contributed by atoms with Crippen molar-refractivity contribution in [2.45, 2.75) is 25.7 Å². The summed E-state index contributed by atoms with van der Waals surface area (Å²) in [6.45, 7) is 1.92. The van der Waals surface area contributed by atoms with E-state index in [4.69, 9.17) is 10.5 Å². The van der Waals surface area contributed by atoms with Crippen LogP contribution in [-0.4, -0.2) is 20.2 Å². The lowest BCUT2D eigenvalue weighted by atomic mass is 10.2. The van der Waals surface area contributed by atoms with Crippen LogP contribution in [0.3, 0.4) is 0 Å². The molecule has 3 nitrogen and oxygen atoms in total. The number of nitrogen functional groups attached to an aromatic ring is 1. The van der Waals surface area contributed by atoms with Crippen LogP contribution < -0.4 is 15.4 Å². The zero-order valence-corrected chi connectivity index (χ0v) is 11.4. The second-order valence-electron chi connectivity index (χ2n) is 5.84. The van der Waals surface area contributed by atoms with E-state index in [1.54, 1.807) is 13.2 Å². The Morgan fingerprint density at radius 1 is 1.21 bits per heavy atom. The van der Waals surface area contributed by atoms with Gasteiger partial charge in [0, 0.05) is 25.2 Å². The molecule has 0 aliphatic heterocycles. The van der Waals surface area contributed by atoms with Crippen molar-refractivity contribution < 1.29 is 9.13 Å². The van der Waals surface area contributed by atoms with E-state index in [0.29, 0.717) is 17.1 Å². The highest BCUT2D eigenvalue weighted by molar-refractivity contribution is 5.63. The Kier molecular flexibility index (Phi) is 3.25. The summed E-state index contributed by atoms with van der Waals surface area (Å²) in [6, 6.07) is 3.12. The van der Waals surface area contributed by atoms with Crippen molar-refractivity contribution in [1.82, 2.24) is 0 Å². The number of rotatable bonds is 6. The fourth-order valence-corrected chi connectivity index (χ4v) is 2.47. The number of benzene rings is 1. The second kappa shape index (κ2) is 4.91. The summed E-state index contributed by atoms with van der Waals surface area (Å²) in [5, 5.41) is 0. The molecule has 2 saturated carbocycles. The van der Waals surface area contributed by atoms with Crippen LogP contribution in [0.4, 0.5) is 15.8 Å². The maximum absolute atomic E-state index is 14.2. The lowest BCUT2D eigenvalue weighted by Crippen LogP contribution is -2.29. The van der Waals surface area contributed by atoms with E-state index in [1.165, 1.54) is 31.7 Å². The maximum atomic E-state index is 14.2. The summed E-state index contributed by atoms with van der Waals surface area (Å²) in [5.74, 6) is 1.80. The van der Waals surface area contributed by atoms with Crippen LogP contribution in [0.15, 0.2) is 12.1 Å². The van der Waals surface area contributed by atoms with Gasteiger partial charge in [0.05, 0.1) is 18.5 Å². The van der Waals surface area contributed by atoms with Gasteiger partial charge in [-0.3, -0.25) is 0 Å². The van der Waals surface area contributed by atoms with Crippen LogP contribution >= 0.6 is 0 Å². The summed E-state index contributed by atoms with van der Waals surface area (Å²) in [5.41, 5.74) is 6.75. The molecule has 0 radical (unpaired) electrons. The predicted molar refractivity (Wildman–Crippen MR) is 75.0 cm³/mol. The minimum absolute atomic E-state index is 0.236. The van der Waals surface area contributed by atoms with Crippen LogP contribution in [-0.2, 0) is 0 Å². The predicted octanol–water partition coefficient (Wildman–Crippen LogP) is 3.04. The zero-order valence-electron chi connectivity index (χ0n) is 11.4. The Balaban J connectivity index is 1.85. The SMILES string of the molecule is COc1cc(N(CC2CC2)CC2CC2)c(F)cc1N. The summed E-state index contributed by atoms with van der Waals surface area (Å²) >= 11 is 0. The van der Waals surface area contributed by atoms with E-state index in [-0.39, 0.29) is 5.82 Å². The Hall–Kier alpha value is -1.45. The Labute approximate surface area is 113 Å². The fraction of sp³-hybridized carbons (Fsp3) is 0.600. The van der Waals surface area contributed by atoms with Crippen molar-refractivity contribution in [3.63, 3.8) is 0 Å². The van der Waals surface area contributed by atoms with Crippen molar-refractivity contribution in [2.24, 2.45) is 11.8 Å². The molecule has 0 bridgehead atoms. The number of halogens is 1. The van der Waals surface area contributed by atoms with E-state index < -0.39 is 0 Å². The highest BCUT2D eigenvalue weighted by Gasteiger charge is 2.30. The minimum atomic E-state index is -0.236. The van der Waals surface area contributed by atoms with Gasteiger partial charge in [0.15, 0.2) is 0 Å². The topological polar surface area (TPSA) is 38.5 Å². The maximum Gasteiger partial charge on any atom is 0.148 e. The molecule has 1 aromatic carbocycles. The first-order valence-corrected chi connectivity index (χ1v) is 7.05. The highest BCUT2D eigenvalue weighted by atomic mass is 19.1. The molecule has 1 aromatic rings. The van der Waals surface area contributed by atoms with Crippen molar-refractivity contribution in [2.75, 3.05) is 30.8 Å². The third-order valence-electron chi connectivity index (χ3n) is 3.99. The van der Waals surface area contributed by atoms with Gasteiger partial charge in [0.1, 0.15) is 11.6 Å². The van der Waals surface area contributed by atoms with E-state index in [0.717, 1.165) is 24.9 Å². The number of anilines is 2. The number of hydrogen-bond donors (Lipinski definition) is 1. The molecule has 2 fully saturated rings.